The third-order valence-corrected chi connectivity index (χ3v) is 4.21. The van der Waals surface area contributed by atoms with Crippen LogP contribution in [0, 0.1) is 5.82 Å². The fourth-order valence-corrected chi connectivity index (χ4v) is 2.85. The van der Waals surface area contributed by atoms with Crippen molar-refractivity contribution in [2.45, 2.75) is 24.7 Å². The Kier molecular flexibility index (Phi) is 3.02. The van der Waals surface area contributed by atoms with Crippen LogP contribution in [0.2, 0.25) is 0 Å². The summed E-state index contributed by atoms with van der Waals surface area (Å²) in [5.41, 5.74) is 1.68. The Morgan fingerprint density at radius 3 is 2.84 bits per heavy atom. The van der Waals surface area contributed by atoms with Crippen molar-refractivity contribution in [3.63, 3.8) is 0 Å². The predicted octanol–water partition coefficient (Wildman–Crippen LogP) is 2.74. The Bertz CT molecular complexity index is 596. The van der Waals surface area contributed by atoms with Crippen LogP contribution in [-0.2, 0) is 10.2 Å². The van der Waals surface area contributed by atoms with Crippen molar-refractivity contribution in [2.75, 3.05) is 5.32 Å². The Balaban J connectivity index is 1.88. The van der Waals surface area contributed by atoms with Crippen LogP contribution in [0.15, 0.2) is 29.8 Å². The second kappa shape index (κ2) is 4.70. The van der Waals surface area contributed by atoms with Gasteiger partial charge in [-0.3, -0.25) is 10.1 Å². The minimum Gasteiger partial charge on any atom is -0.300 e. The largest absolute Gasteiger partial charge is 0.300 e. The molecule has 0 unspecified atom stereocenters. The summed E-state index contributed by atoms with van der Waals surface area (Å²) in [6.45, 7) is 0. The number of halogens is 1. The van der Waals surface area contributed by atoms with Crippen molar-refractivity contribution in [1.29, 1.82) is 0 Å². The Morgan fingerprint density at radius 1 is 1.42 bits per heavy atom. The monoisotopic (exact) mass is 277 g/mol. The van der Waals surface area contributed by atoms with Gasteiger partial charge < -0.3 is 0 Å². The number of anilines is 1. The highest BCUT2D eigenvalue weighted by Gasteiger charge is 2.46. The average Bonchev–Trinajstić information content (AvgIpc) is 2.80. The maximum atomic E-state index is 13.3. The van der Waals surface area contributed by atoms with E-state index in [0.29, 0.717) is 5.13 Å². The van der Waals surface area contributed by atoms with Crippen LogP contribution >= 0.6 is 11.3 Å². The van der Waals surface area contributed by atoms with Gasteiger partial charge in [-0.2, -0.15) is 0 Å². The molecule has 1 N–H and O–H groups in total. The summed E-state index contributed by atoms with van der Waals surface area (Å²) in [6, 6.07) is 6.28. The van der Waals surface area contributed by atoms with E-state index in [0.717, 1.165) is 24.8 Å². The van der Waals surface area contributed by atoms with Gasteiger partial charge in [-0.25, -0.2) is 4.39 Å². The van der Waals surface area contributed by atoms with E-state index in [1.165, 1.54) is 23.5 Å². The van der Waals surface area contributed by atoms with E-state index in [-0.39, 0.29) is 11.7 Å². The Morgan fingerprint density at radius 2 is 2.26 bits per heavy atom. The Labute approximate surface area is 113 Å². The minimum atomic E-state index is -0.617. The lowest BCUT2D eigenvalue weighted by Gasteiger charge is -2.40. The standard InChI is InChI=1S/C13H12FN3OS/c14-10-4-1-3-9(7-10)13(5-2-6-13)11(18)16-12-17-15-8-19-12/h1,3-4,7-8H,2,5-6H2,(H,16,17,18). The van der Waals surface area contributed by atoms with Crippen LogP contribution in [0.5, 0.6) is 0 Å². The predicted molar refractivity (Wildman–Crippen MR) is 70.5 cm³/mol. The van der Waals surface area contributed by atoms with Crippen molar-refractivity contribution < 1.29 is 9.18 Å². The van der Waals surface area contributed by atoms with Gasteiger partial charge in [-0.15, -0.1) is 10.2 Å². The third-order valence-electron chi connectivity index (χ3n) is 3.60. The first kappa shape index (κ1) is 12.2. The second-order valence-electron chi connectivity index (χ2n) is 4.64. The summed E-state index contributed by atoms with van der Waals surface area (Å²) >= 11 is 1.27. The van der Waals surface area contributed by atoms with E-state index in [9.17, 15) is 9.18 Å². The van der Waals surface area contributed by atoms with Gasteiger partial charge in [0.05, 0.1) is 5.41 Å². The number of rotatable bonds is 3. The number of nitrogens with one attached hydrogen (secondary N) is 1. The molecule has 19 heavy (non-hydrogen) atoms. The highest BCUT2D eigenvalue weighted by atomic mass is 32.1. The summed E-state index contributed by atoms with van der Waals surface area (Å²) in [4.78, 5) is 12.4. The third kappa shape index (κ3) is 2.12. The highest BCUT2D eigenvalue weighted by molar-refractivity contribution is 7.13. The van der Waals surface area contributed by atoms with E-state index in [4.69, 9.17) is 0 Å². The van der Waals surface area contributed by atoms with Crippen molar-refractivity contribution >= 4 is 22.4 Å². The topological polar surface area (TPSA) is 54.9 Å². The lowest BCUT2D eigenvalue weighted by Crippen LogP contribution is -2.46. The summed E-state index contributed by atoms with van der Waals surface area (Å²) < 4.78 is 13.3. The summed E-state index contributed by atoms with van der Waals surface area (Å²) in [5.74, 6) is -0.436. The van der Waals surface area contributed by atoms with Crippen molar-refractivity contribution in [1.82, 2.24) is 10.2 Å². The molecule has 0 saturated heterocycles. The smallest absolute Gasteiger partial charge is 0.236 e. The second-order valence-corrected chi connectivity index (χ2v) is 5.48. The molecule has 98 valence electrons. The van der Waals surface area contributed by atoms with E-state index in [1.807, 2.05) is 6.07 Å². The van der Waals surface area contributed by atoms with E-state index in [1.54, 1.807) is 11.6 Å². The normalized spacial score (nSPS) is 16.7. The number of hydrogen-bond donors (Lipinski definition) is 1. The van der Waals surface area contributed by atoms with E-state index >= 15 is 0 Å². The molecule has 3 rings (SSSR count). The van der Waals surface area contributed by atoms with Crippen LogP contribution in [0.1, 0.15) is 24.8 Å². The molecule has 1 aliphatic rings. The molecule has 0 radical (unpaired) electrons. The lowest BCUT2D eigenvalue weighted by molar-refractivity contribution is -0.124. The molecule has 1 aromatic heterocycles. The molecule has 0 aliphatic heterocycles. The first-order chi connectivity index (χ1) is 9.21. The van der Waals surface area contributed by atoms with Crippen LogP contribution < -0.4 is 5.32 Å². The zero-order valence-corrected chi connectivity index (χ0v) is 10.9. The van der Waals surface area contributed by atoms with Gasteiger partial charge in [0, 0.05) is 0 Å². The van der Waals surface area contributed by atoms with Crippen molar-refractivity contribution in [2.24, 2.45) is 0 Å². The zero-order valence-electron chi connectivity index (χ0n) is 10.1. The zero-order chi connectivity index (χ0) is 13.3. The first-order valence-corrected chi connectivity index (χ1v) is 6.92. The lowest BCUT2D eigenvalue weighted by atomic mass is 9.64. The van der Waals surface area contributed by atoms with Crippen LogP contribution in [0.4, 0.5) is 9.52 Å². The molecule has 1 amide bonds. The van der Waals surface area contributed by atoms with Gasteiger partial charge in [-0.1, -0.05) is 29.9 Å². The quantitative estimate of drug-likeness (QED) is 0.938. The highest BCUT2D eigenvalue weighted by Crippen LogP contribution is 2.44. The average molecular weight is 277 g/mol. The SMILES string of the molecule is O=C(Nc1nncs1)C1(c2cccc(F)c2)CCC1. The number of amides is 1. The van der Waals surface area contributed by atoms with Gasteiger partial charge in [0.2, 0.25) is 11.0 Å². The molecule has 0 spiro atoms. The molecule has 4 nitrogen and oxygen atoms in total. The van der Waals surface area contributed by atoms with E-state index in [2.05, 4.69) is 15.5 Å². The molecule has 1 fully saturated rings. The van der Waals surface area contributed by atoms with Gasteiger partial charge in [-0.05, 0) is 30.5 Å². The summed E-state index contributed by atoms with van der Waals surface area (Å²) in [5, 5.41) is 10.7. The van der Waals surface area contributed by atoms with Gasteiger partial charge in [0.15, 0.2) is 0 Å². The molecular formula is C13H12FN3OS. The number of aromatic nitrogens is 2. The number of carbonyl (C=O) groups is 1. The molecule has 2 aromatic rings. The van der Waals surface area contributed by atoms with Crippen LogP contribution in [0.3, 0.4) is 0 Å². The van der Waals surface area contributed by atoms with Crippen molar-refractivity contribution in [3.8, 4) is 0 Å². The van der Waals surface area contributed by atoms with Gasteiger partial charge in [0.1, 0.15) is 11.3 Å². The molecule has 6 heteroatoms. The van der Waals surface area contributed by atoms with E-state index < -0.39 is 5.41 Å². The fraction of sp³-hybridized carbons (Fsp3) is 0.308. The van der Waals surface area contributed by atoms with Crippen LogP contribution in [0.25, 0.3) is 0 Å². The number of carbonyl (C=O) groups excluding carboxylic acids is 1. The van der Waals surface area contributed by atoms with Crippen LogP contribution in [-0.4, -0.2) is 16.1 Å². The van der Waals surface area contributed by atoms with Gasteiger partial charge in [0.25, 0.3) is 0 Å². The molecule has 1 saturated carbocycles. The molecule has 0 bridgehead atoms. The number of benzene rings is 1. The fourth-order valence-electron chi connectivity index (χ4n) is 2.41. The molecule has 1 aromatic carbocycles. The maximum Gasteiger partial charge on any atom is 0.236 e. The molecule has 1 aliphatic carbocycles. The molecule has 0 atom stereocenters. The minimum absolute atomic E-state index is 0.124. The maximum absolute atomic E-state index is 13.3. The van der Waals surface area contributed by atoms with Gasteiger partial charge >= 0.3 is 0 Å². The van der Waals surface area contributed by atoms with Crippen molar-refractivity contribution in [3.05, 3.63) is 41.2 Å². The summed E-state index contributed by atoms with van der Waals surface area (Å²) in [6.07, 6.45) is 2.45. The Hall–Kier alpha value is -1.82. The number of hydrogen-bond acceptors (Lipinski definition) is 4. The molecular weight excluding hydrogens is 265 g/mol. The summed E-state index contributed by atoms with van der Waals surface area (Å²) in [7, 11) is 0. The first-order valence-electron chi connectivity index (χ1n) is 6.04. The molecule has 1 heterocycles. The number of nitrogens with zero attached hydrogens (tertiary/aromatic N) is 2.